The SMILES string of the molecule is Cc1ccc(-c2cc(C(C)(C)N)cc(C(C)(O)CNC(=O)c3cc(-c4cscn4)nn3C)n2)cc1. The zero-order valence-corrected chi connectivity index (χ0v) is 21.3. The second-order valence-corrected chi connectivity index (χ2v) is 10.3. The highest BCUT2D eigenvalue weighted by molar-refractivity contribution is 7.07. The predicted octanol–water partition coefficient (Wildman–Crippen LogP) is 3.75. The van der Waals surface area contributed by atoms with E-state index in [2.05, 4.69) is 15.4 Å². The first-order valence-electron chi connectivity index (χ1n) is 11.3. The van der Waals surface area contributed by atoms with Crippen molar-refractivity contribution in [2.24, 2.45) is 12.8 Å². The second kappa shape index (κ2) is 9.33. The molecule has 0 radical (unpaired) electrons. The van der Waals surface area contributed by atoms with E-state index in [0.29, 0.717) is 28.5 Å². The molecule has 1 amide bonds. The number of rotatable bonds is 7. The van der Waals surface area contributed by atoms with Gasteiger partial charge in [0, 0.05) is 23.5 Å². The monoisotopic (exact) mass is 490 g/mol. The van der Waals surface area contributed by atoms with Crippen LogP contribution < -0.4 is 11.1 Å². The molecule has 1 unspecified atom stereocenters. The van der Waals surface area contributed by atoms with Crippen LogP contribution in [0.5, 0.6) is 0 Å². The summed E-state index contributed by atoms with van der Waals surface area (Å²) in [6, 6.07) is 13.4. The van der Waals surface area contributed by atoms with E-state index in [1.54, 1.807) is 31.6 Å². The number of aryl methyl sites for hydroxylation is 2. The van der Waals surface area contributed by atoms with Crippen LogP contribution in [-0.4, -0.2) is 37.3 Å². The van der Waals surface area contributed by atoms with Crippen molar-refractivity contribution in [3.05, 3.63) is 75.9 Å². The van der Waals surface area contributed by atoms with Crippen LogP contribution in [0, 0.1) is 6.92 Å². The molecule has 0 aliphatic carbocycles. The Hall–Kier alpha value is -3.40. The third kappa shape index (κ3) is 5.48. The van der Waals surface area contributed by atoms with Gasteiger partial charge >= 0.3 is 0 Å². The third-order valence-electron chi connectivity index (χ3n) is 5.87. The minimum Gasteiger partial charge on any atom is -0.382 e. The fourth-order valence-corrected chi connectivity index (χ4v) is 4.17. The minimum absolute atomic E-state index is 0.0438. The maximum atomic E-state index is 12.9. The maximum Gasteiger partial charge on any atom is 0.269 e. The Kier molecular flexibility index (Phi) is 6.59. The van der Waals surface area contributed by atoms with Crippen molar-refractivity contribution in [2.45, 2.75) is 38.8 Å². The Morgan fingerprint density at radius 2 is 1.83 bits per heavy atom. The summed E-state index contributed by atoms with van der Waals surface area (Å²) < 4.78 is 1.50. The van der Waals surface area contributed by atoms with Crippen molar-refractivity contribution in [3.63, 3.8) is 0 Å². The lowest BCUT2D eigenvalue weighted by molar-refractivity contribution is 0.0486. The molecular formula is C26H30N6O2S. The topological polar surface area (TPSA) is 119 Å². The number of aliphatic hydroxyl groups is 1. The summed E-state index contributed by atoms with van der Waals surface area (Å²) in [5, 5.41) is 20.4. The van der Waals surface area contributed by atoms with Crippen molar-refractivity contribution in [1.29, 1.82) is 0 Å². The van der Waals surface area contributed by atoms with Crippen molar-refractivity contribution >= 4 is 17.2 Å². The Morgan fingerprint density at radius 3 is 2.46 bits per heavy atom. The van der Waals surface area contributed by atoms with Crippen LogP contribution in [0.25, 0.3) is 22.6 Å². The van der Waals surface area contributed by atoms with Gasteiger partial charge in [-0.2, -0.15) is 5.10 Å². The largest absolute Gasteiger partial charge is 0.382 e. The molecule has 0 fully saturated rings. The number of carbonyl (C=O) groups excluding carboxylic acids is 1. The van der Waals surface area contributed by atoms with Gasteiger partial charge in [-0.15, -0.1) is 11.3 Å². The molecule has 0 saturated carbocycles. The lowest BCUT2D eigenvalue weighted by Gasteiger charge is -2.27. The van der Waals surface area contributed by atoms with Crippen LogP contribution in [0.4, 0.5) is 0 Å². The number of thiazole rings is 1. The highest BCUT2D eigenvalue weighted by Gasteiger charge is 2.29. The molecule has 1 aromatic carbocycles. The van der Waals surface area contributed by atoms with E-state index in [-0.39, 0.29) is 12.5 Å². The minimum atomic E-state index is -1.44. The van der Waals surface area contributed by atoms with Gasteiger partial charge in [0.2, 0.25) is 0 Å². The van der Waals surface area contributed by atoms with E-state index >= 15 is 0 Å². The van der Waals surface area contributed by atoms with Gasteiger partial charge in [0.05, 0.1) is 23.4 Å². The summed E-state index contributed by atoms with van der Waals surface area (Å²) in [5.74, 6) is -0.351. The van der Waals surface area contributed by atoms with Crippen LogP contribution in [0.3, 0.4) is 0 Å². The zero-order chi connectivity index (χ0) is 25.4. The van der Waals surface area contributed by atoms with Crippen LogP contribution >= 0.6 is 11.3 Å². The summed E-state index contributed by atoms with van der Waals surface area (Å²) in [7, 11) is 1.70. The second-order valence-electron chi connectivity index (χ2n) is 9.58. The number of hydrogen-bond acceptors (Lipinski definition) is 7. The first-order chi connectivity index (χ1) is 16.4. The van der Waals surface area contributed by atoms with Gasteiger partial charge in [-0.05, 0) is 51.5 Å². The Balaban J connectivity index is 1.60. The van der Waals surface area contributed by atoms with E-state index in [9.17, 15) is 9.90 Å². The molecule has 9 heteroatoms. The number of aromatic nitrogens is 4. The number of nitrogens with two attached hydrogens (primary N) is 1. The molecular weight excluding hydrogens is 460 g/mol. The maximum absolute atomic E-state index is 12.9. The first kappa shape index (κ1) is 24.7. The predicted molar refractivity (Wildman–Crippen MR) is 138 cm³/mol. The highest BCUT2D eigenvalue weighted by atomic mass is 32.1. The number of nitrogens with zero attached hydrogens (tertiary/aromatic N) is 4. The quantitative estimate of drug-likeness (QED) is 0.363. The van der Waals surface area contributed by atoms with E-state index in [1.165, 1.54) is 16.0 Å². The highest BCUT2D eigenvalue weighted by Crippen LogP contribution is 2.29. The normalized spacial score (nSPS) is 13.5. The number of hydrogen-bond donors (Lipinski definition) is 3. The van der Waals surface area contributed by atoms with Gasteiger partial charge in [0.15, 0.2) is 0 Å². The number of pyridine rings is 1. The first-order valence-corrected chi connectivity index (χ1v) is 12.2. The number of amides is 1. The van der Waals surface area contributed by atoms with E-state index < -0.39 is 11.1 Å². The Morgan fingerprint density at radius 1 is 1.11 bits per heavy atom. The molecule has 4 N–H and O–H groups in total. The number of benzene rings is 1. The molecule has 8 nitrogen and oxygen atoms in total. The third-order valence-corrected chi connectivity index (χ3v) is 6.46. The Bertz CT molecular complexity index is 1340. The smallest absolute Gasteiger partial charge is 0.269 e. The number of nitrogens with one attached hydrogen (secondary N) is 1. The molecule has 4 rings (SSSR count). The summed E-state index contributed by atoms with van der Waals surface area (Å²) >= 11 is 1.46. The molecule has 0 aliphatic heterocycles. The average molecular weight is 491 g/mol. The van der Waals surface area contributed by atoms with Crippen molar-refractivity contribution in [3.8, 4) is 22.6 Å². The molecule has 4 aromatic rings. The van der Waals surface area contributed by atoms with Gasteiger partial charge in [0.25, 0.3) is 5.91 Å². The lowest BCUT2D eigenvalue weighted by atomic mass is 9.90. The van der Waals surface area contributed by atoms with Crippen LogP contribution in [0.2, 0.25) is 0 Å². The van der Waals surface area contributed by atoms with E-state index in [4.69, 9.17) is 10.7 Å². The molecule has 35 heavy (non-hydrogen) atoms. The van der Waals surface area contributed by atoms with Gasteiger partial charge < -0.3 is 16.2 Å². The van der Waals surface area contributed by atoms with Crippen molar-refractivity contribution in [2.75, 3.05) is 6.54 Å². The van der Waals surface area contributed by atoms with Crippen LogP contribution in [0.1, 0.15) is 48.1 Å². The molecule has 3 aromatic heterocycles. The fraction of sp³-hybridized carbons (Fsp3) is 0.308. The lowest BCUT2D eigenvalue weighted by Crippen LogP contribution is -2.40. The van der Waals surface area contributed by atoms with Crippen molar-refractivity contribution < 1.29 is 9.90 Å². The van der Waals surface area contributed by atoms with Crippen LogP contribution in [-0.2, 0) is 18.2 Å². The summed E-state index contributed by atoms with van der Waals surface area (Å²) in [5.41, 5.74) is 11.8. The zero-order valence-electron chi connectivity index (χ0n) is 20.5. The van der Waals surface area contributed by atoms with Gasteiger partial charge in [-0.25, -0.2) is 9.97 Å². The van der Waals surface area contributed by atoms with Crippen molar-refractivity contribution in [1.82, 2.24) is 25.1 Å². The fourth-order valence-electron chi connectivity index (χ4n) is 3.63. The van der Waals surface area contributed by atoms with Gasteiger partial charge in [-0.1, -0.05) is 29.8 Å². The molecule has 3 heterocycles. The van der Waals surface area contributed by atoms with E-state index in [1.807, 2.05) is 56.5 Å². The van der Waals surface area contributed by atoms with Gasteiger partial charge in [-0.3, -0.25) is 9.48 Å². The molecule has 0 aliphatic rings. The summed E-state index contributed by atoms with van der Waals surface area (Å²) in [6.07, 6.45) is 0. The molecule has 1 atom stereocenters. The molecule has 0 bridgehead atoms. The van der Waals surface area contributed by atoms with E-state index in [0.717, 1.165) is 16.7 Å². The molecule has 182 valence electrons. The number of carbonyl (C=O) groups is 1. The molecule has 0 spiro atoms. The standard InChI is InChI=1S/C26H30N6O2S/c1-16-6-8-17(9-7-16)19-10-18(25(2,3)27)11-23(30-19)26(4,34)14-28-24(33)22-12-20(31-32(22)5)21-13-35-15-29-21/h6-13,15,34H,14,27H2,1-5H3,(H,28,33). The summed E-state index contributed by atoms with van der Waals surface area (Å²) in [4.78, 5) is 21.9. The average Bonchev–Trinajstić information content (AvgIpc) is 3.47. The van der Waals surface area contributed by atoms with Gasteiger partial charge in [0.1, 0.15) is 22.7 Å². The Labute approximate surface area is 208 Å². The molecule has 0 saturated heterocycles. The summed E-state index contributed by atoms with van der Waals surface area (Å²) in [6.45, 7) is 7.43. The van der Waals surface area contributed by atoms with Crippen LogP contribution in [0.15, 0.2) is 53.4 Å².